The smallest absolute Gasteiger partial charge is 0.408 e. The first kappa shape index (κ1) is 29.9. The zero-order valence-electron chi connectivity index (χ0n) is 23.3. The average Bonchev–Trinajstić information content (AvgIpc) is 2.97. The number of benzene rings is 2. The Hall–Kier alpha value is -3.35. The van der Waals surface area contributed by atoms with Crippen molar-refractivity contribution in [2.75, 3.05) is 0 Å². The molecule has 202 valence electrons. The quantitative estimate of drug-likeness (QED) is 0.267. The third-order valence-corrected chi connectivity index (χ3v) is 6.34. The molecule has 0 aliphatic heterocycles. The Bertz CT molecular complexity index is 1160. The molecule has 0 bridgehead atoms. The standard InChI is InChI=1S/C19H20O3.C11H21NO3/c1-12(20)22-18-16-9-11-19(2,3)10-8-14(16)13-6-4-5-7-15(13)17(18)21;1-6-8(2)9(7-13)12-10(14)15-11(3,4)5/h4-8,10,21H,9,11H2,1-3H3;7-9H,6H2,1-5H3,(H,12,14). The lowest BCUT2D eigenvalue weighted by atomic mass is 9.87. The molecule has 0 saturated carbocycles. The molecule has 0 spiro atoms. The molecule has 0 fully saturated rings. The van der Waals surface area contributed by atoms with Crippen LogP contribution >= 0.6 is 0 Å². The first-order chi connectivity index (χ1) is 17.2. The fourth-order valence-corrected chi connectivity index (χ4v) is 4.01. The summed E-state index contributed by atoms with van der Waals surface area (Å²) in [5.74, 6) is 0.0662. The van der Waals surface area contributed by atoms with Gasteiger partial charge in [-0.1, -0.05) is 70.5 Å². The van der Waals surface area contributed by atoms with Gasteiger partial charge in [-0.25, -0.2) is 4.79 Å². The number of hydrogen-bond acceptors (Lipinski definition) is 6. The number of esters is 1. The molecule has 2 atom stereocenters. The first-order valence-corrected chi connectivity index (χ1v) is 12.8. The maximum atomic E-state index is 11.4. The Morgan fingerprint density at radius 2 is 1.81 bits per heavy atom. The zero-order valence-corrected chi connectivity index (χ0v) is 23.3. The number of carbonyl (C=O) groups is 3. The van der Waals surface area contributed by atoms with Crippen molar-refractivity contribution in [3.63, 3.8) is 0 Å². The summed E-state index contributed by atoms with van der Waals surface area (Å²) in [7, 11) is 0. The second-order valence-electron chi connectivity index (χ2n) is 11.2. The lowest BCUT2D eigenvalue weighted by molar-refractivity contribution is -0.132. The maximum Gasteiger partial charge on any atom is 0.408 e. The van der Waals surface area contributed by atoms with Crippen molar-refractivity contribution in [1.82, 2.24) is 5.32 Å². The number of phenolic OH excluding ortho intramolecular Hbond substituents is 1. The van der Waals surface area contributed by atoms with Gasteiger partial charge in [-0.2, -0.15) is 0 Å². The molecule has 1 amide bonds. The molecule has 2 aromatic rings. The molecule has 37 heavy (non-hydrogen) atoms. The van der Waals surface area contributed by atoms with E-state index in [1.54, 1.807) is 20.8 Å². The fourth-order valence-electron chi connectivity index (χ4n) is 4.01. The van der Waals surface area contributed by atoms with Crippen LogP contribution in [0.1, 0.15) is 79.4 Å². The van der Waals surface area contributed by atoms with Crippen molar-refractivity contribution in [2.45, 2.75) is 86.3 Å². The molecule has 2 unspecified atom stereocenters. The highest BCUT2D eigenvalue weighted by Gasteiger charge is 2.26. The summed E-state index contributed by atoms with van der Waals surface area (Å²) in [6, 6.07) is 7.20. The second-order valence-corrected chi connectivity index (χ2v) is 11.2. The van der Waals surface area contributed by atoms with Crippen LogP contribution in [0.2, 0.25) is 0 Å². The van der Waals surface area contributed by atoms with E-state index in [2.05, 4.69) is 31.3 Å². The van der Waals surface area contributed by atoms with Crippen molar-refractivity contribution in [1.29, 1.82) is 0 Å². The number of ether oxygens (including phenoxy) is 2. The monoisotopic (exact) mass is 511 g/mol. The van der Waals surface area contributed by atoms with E-state index in [-0.39, 0.29) is 17.1 Å². The van der Waals surface area contributed by atoms with Gasteiger partial charge in [-0.3, -0.25) is 4.79 Å². The number of phenols is 1. The van der Waals surface area contributed by atoms with Gasteiger partial charge in [0.25, 0.3) is 0 Å². The van der Waals surface area contributed by atoms with E-state index in [9.17, 15) is 19.5 Å². The Morgan fingerprint density at radius 3 is 2.35 bits per heavy atom. The Kier molecular flexibility index (Phi) is 9.90. The Balaban J connectivity index is 0.000000283. The minimum Gasteiger partial charge on any atom is -0.504 e. The molecule has 0 heterocycles. The molecule has 0 radical (unpaired) electrons. The number of fused-ring (bicyclic) bond motifs is 3. The van der Waals surface area contributed by atoms with E-state index in [1.165, 1.54) is 6.92 Å². The molecular formula is C30H41NO6. The third-order valence-electron chi connectivity index (χ3n) is 6.34. The van der Waals surface area contributed by atoms with Crippen molar-refractivity contribution in [3.8, 4) is 11.5 Å². The number of alkyl carbamates (subject to hydrolysis) is 1. The number of rotatable bonds is 5. The summed E-state index contributed by atoms with van der Waals surface area (Å²) in [5, 5.41) is 14.8. The lowest BCUT2D eigenvalue weighted by Crippen LogP contribution is -2.43. The van der Waals surface area contributed by atoms with Gasteiger partial charge in [0.2, 0.25) is 0 Å². The number of nitrogens with one attached hydrogen (secondary N) is 1. The average molecular weight is 512 g/mol. The van der Waals surface area contributed by atoms with Crippen LogP contribution in [0.4, 0.5) is 4.79 Å². The number of aldehydes is 1. The van der Waals surface area contributed by atoms with E-state index < -0.39 is 23.7 Å². The highest BCUT2D eigenvalue weighted by Crippen LogP contribution is 2.45. The van der Waals surface area contributed by atoms with Crippen molar-refractivity contribution in [2.24, 2.45) is 11.3 Å². The largest absolute Gasteiger partial charge is 0.504 e. The molecular weight excluding hydrogens is 470 g/mol. The van der Waals surface area contributed by atoms with Crippen LogP contribution in [0.3, 0.4) is 0 Å². The van der Waals surface area contributed by atoms with Crippen LogP contribution < -0.4 is 10.1 Å². The summed E-state index contributed by atoms with van der Waals surface area (Å²) in [6.45, 7) is 15.0. The Labute approximate surface area is 220 Å². The predicted octanol–water partition coefficient (Wildman–Crippen LogP) is 6.58. The number of amides is 1. The highest BCUT2D eigenvalue weighted by atomic mass is 16.6. The molecule has 2 N–H and O–H groups in total. The number of allylic oxidation sites excluding steroid dienone is 1. The lowest BCUT2D eigenvalue weighted by Gasteiger charge is -2.23. The van der Waals surface area contributed by atoms with Crippen LogP contribution in [0.25, 0.3) is 16.8 Å². The summed E-state index contributed by atoms with van der Waals surface area (Å²) in [6.07, 6.45) is 7.02. The van der Waals surface area contributed by atoms with Gasteiger partial charge in [-0.15, -0.1) is 0 Å². The molecule has 7 nitrogen and oxygen atoms in total. The van der Waals surface area contributed by atoms with Crippen LogP contribution in [-0.4, -0.2) is 35.1 Å². The van der Waals surface area contributed by atoms with Crippen molar-refractivity contribution < 1.29 is 29.0 Å². The van der Waals surface area contributed by atoms with Gasteiger partial charge in [-0.05, 0) is 55.9 Å². The van der Waals surface area contributed by atoms with E-state index >= 15 is 0 Å². The molecule has 1 aliphatic rings. The van der Waals surface area contributed by atoms with Crippen molar-refractivity contribution >= 4 is 35.2 Å². The number of carbonyl (C=O) groups excluding carboxylic acids is 3. The summed E-state index contributed by atoms with van der Waals surface area (Å²) >= 11 is 0. The van der Waals surface area contributed by atoms with Gasteiger partial charge in [0.05, 0.1) is 6.04 Å². The van der Waals surface area contributed by atoms with Crippen LogP contribution in [0, 0.1) is 11.3 Å². The molecule has 0 saturated heterocycles. The number of aromatic hydroxyl groups is 1. The minimum absolute atomic E-state index is 0.0534. The van der Waals surface area contributed by atoms with Crippen molar-refractivity contribution in [3.05, 3.63) is 41.5 Å². The van der Waals surface area contributed by atoms with Gasteiger partial charge in [0, 0.05) is 17.9 Å². The summed E-state index contributed by atoms with van der Waals surface area (Å²) < 4.78 is 10.4. The Morgan fingerprint density at radius 1 is 1.19 bits per heavy atom. The molecule has 7 heteroatoms. The third kappa shape index (κ3) is 8.34. The van der Waals surface area contributed by atoms with Gasteiger partial charge in [0.15, 0.2) is 11.5 Å². The minimum atomic E-state index is -0.542. The van der Waals surface area contributed by atoms with E-state index in [0.717, 1.165) is 42.1 Å². The number of hydrogen-bond donors (Lipinski definition) is 2. The van der Waals surface area contributed by atoms with E-state index in [0.29, 0.717) is 11.1 Å². The highest BCUT2D eigenvalue weighted by molar-refractivity contribution is 5.99. The second kappa shape index (κ2) is 12.3. The molecule has 1 aliphatic carbocycles. The molecule has 3 rings (SSSR count). The van der Waals surface area contributed by atoms with Gasteiger partial charge < -0.3 is 24.7 Å². The maximum absolute atomic E-state index is 11.4. The van der Waals surface area contributed by atoms with E-state index in [4.69, 9.17) is 9.47 Å². The van der Waals surface area contributed by atoms with Crippen LogP contribution in [-0.2, 0) is 20.7 Å². The summed E-state index contributed by atoms with van der Waals surface area (Å²) in [4.78, 5) is 33.5. The fraction of sp³-hybridized carbons (Fsp3) is 0.500. The predicted molar refractivity (Wildman–Crippen MR) is 147 cm³/mol. The topological polar surface area (TPSA) is 102 Å². The zero-order chi connectivity index (χ0) is 28.0. The molecule has 0 aromatic heterocycles. The first-order valence-electron chi connectivity index (χ1n) is 12.8. The van der Waals surface area contributed by atoms with Crippen LogP contribution in [0.5, 0.6) is 11.5 Å². The van der Waals surface area contributed by atoms with E-state index in [1.807, 2.05) is 38.1 Å². The normalized spacial score (nSPS) is 15.8. The van der Waals surface area contributed by atoms with Gasteiger partial charge >= 0.3 is 12.1 Å². The SMILES string of the molecule is CC(=O)Oc1c2c(c3ccccc3c1O)C=CC(C)(C)CC2.CCC(C)C(C=O)NC(=O)OC(C)(C)C. The summed E-state index contributed by atoms with van der Waals surface area (Å²) in [5.41, 5.74) is 1.49. The van der Waals surface area contributed by atoms with Gasteiger partial charge in [0.1, 0.15) is 11.9 Å². The van der Waals surface area contributed by atoms with Crippen LogP contribution in [0.15, 0.2) is 30.3 Å². The molecule has 2 aromatic carbocycles.